The lowest BCUT2D eigenvalue weighted by atomic mass is 9.97. The van der Waals surface area contributed by atoms with Gasteiger partial charge in [-0.15, -0.1) is 0 Å². The van der Waals surface area contributed by atoms with Gasteiger partial charge in [-0.05, 0) is 45.4 Å². The molecule has 1 aromatic carbocycles. The molecule has 8 heteroatoms. The minimum atomic E-state index is -4.38. The quantitative estimate of drug-likeness (QED) is 0.770. The van der Waals surface area contributed by atoms with E-state index in [-0.39, 0.29) is 11.6 Å². The first-order valence-corrected chi connectivity index (χ1v) is 8.75. The maximum Gasteiger partial charge on any atom is 0.416 e. The Hall–Kier alpha value is -2.09. The molecular weight excluding hydrogens is 343 g/mol. The van der Waals surface area contributed by atoms with Crippen molar-refractivity contribution in [3.8, 4) is 0 Å². The fourth-order valence-electron chi connectivity index (χ4n) is 3.34. The summed E-state index contributed by atoms with van der Waals surface area (Å²) in [6.07, 6.45) is -4.38. The molecule has 1 unspecified atom stereocenters. The second-order valence-corrected chi connectivity index (χ2v) is 6.94. The van der Waals surface area contributed by atoms with Gasteiger partial charge in [0.25, 0.3) is 0 Å². The first-order valence-electron chi connectivity index (χ1n) is 8.75. The Morgan fingerprint density at radius 1 is 1.23 bits per heavy atom. The van der Waals surface area contributed by atoms with Crippen molar-refractivity contribution < 1.29 is 13.2 Å². The molecule has 142 valence electrons. The van der Waals surface area contributed by atoms with Crippen molar-refractivity contribution in [2.75, 3.05) is 26.2 Å². The second kappa shape index (κ2) is 6.90. The molecule has 0 aliphatic carbocycles. The fourth-order valence-corrected chi connectivity index (χ4v) is 3.34. The van der Waals surface area contributed by atoms with Crippen LogP contribution in [0.3, 0.4) is 0 Å². The number of fused-ring (bicyclic) bond motifs is 1. The maximum absolute atomic E-state index is 13.3. The predicted octanol–water partition coefficient (Wildman–Crippen LogP) is 3.68. The highest BCUT2D eigenvalue weighted by Gasteiger charge is 2.37. The van der Waals surface area contributed by atoms with Crippen molar-refractivity contribution in [2.24, 2.45) is 10.1 Å². The van der Waals surface area contributed by atoms with E-state index in [2.05, 4.69) is 15.3 Å². The first kappa shape index (κ1) is 18.7. The van der Waals surface area contributed by atoms with E-state index < -0.39 is 11.7 Å². The van der Waals surface area contributed by atoms with E-state index in [0.717, 1.165) is 31.9 Å². The number of benzene rings is 1. The van der Waals surface area contributed by atoms with Crippen LogP contribution in [-0.2, 0) is 6.18 Å². The number of rotatable bonds is 1. The van der Waals surface area contributed by atoms with Crippen LogP contribution in [-0.4, -0.2) is 47.8 Å². The monoisotopic (exact) mass is 367 g/mol. The zero-order chi connectivity index (χ0) is 19.1. The van der Waals surface area contributed by atoms with Gasteiger partial charge in [-0.25, -0.2) is 10.0 Å². The van der Waals surface area contributed by atoms with Crippen LogP contribution in [0.2, 0.25) is 0 Å². The minimum absolute atomic E-state index is 0.190. The van der Waals surface area contributed by atoms with Gasteiger partial charge < -0.3 is 10.2 Å². The molecular formula is C18H24F3N5. The topological polar surface area (TPSA) is 43.2 Å². The van der Waals surface area contributed by atoms with Crippen LogP contribution in [0.1, 0.15) is 43.5 Å². The molecule has 2 aliphatic rings. The van der Waals surface area contributed by atoms with Crippen LogP contribution >= 0.6 is 0 Å². The molecule has 1 atom stereocenters. The van der Waals surface area contributed by atoms with Crippen LogP contribution < -0.4 is 5.32 Å². The van der Waals surface area contributed by atoms with Crippen LogP contribution in [0.5, 0.6) is 0 Å². The number of piperazine rings is 1. The van der Waals surface area contributed by atoms with E-state index >= 15 is 0 Å². The average molecular weight is 367 g/mol. The van der Waals surface area contributed by atoms with E-state index in [9.17, 15) is 13.2 Å². The zero-order valence-corrected chi connectivity index (χ0v) is 15.5. The second-order valence-electron chi connectivity index (χ2n) is 6.94. The number of nitrogens with zero attached hydrogens (tertiary/aromatic N) is 4. The molecule has 0 bridgehead atoms. The molecule has 1 aromatic rings. The Kier molecular flexibility index (Phi) is 4.96. The smallest absolute Gasteiger partial charge is 0.338 e. The summed E-state index contributed by atoms with van der Waals surface area (Å²) in [6.45, 7) is 10.3. The highest BCUT2D eigenvalue weighted by Crippen LogP contribution is 2.41. The fraction of sp³-hybridized carbons (Fsp3) is 0.556. The lowest BCUT2D eigenvalue weighted by molar-refractivity contribution is -0.138. The van der Waals surface area contributed by atoms with Gasteiger partial charge in [-0.1, -0.05) is 0 Å². The summed E-state index contributed by atoms with van der Waals surface area (Å²) in [7, 11) is 0. The summed E-state index contributed by atoms with van der Waals surface area (Å²) < 4.78 is 40.0. The number of hydrazone groups is 1. The van der Waals surface area contributed by atoms with Crippen molar-refractivity contribution in [2.45, 2.75) is 39.9 Å². The Morgan fingerprint density at radius 2 is 1.88 bits per heavy atom. The third-order valence-corrected chi connectivity index (χ3v) is 4.63. The van der Waals surface area contributed by atoms with Gasteiger partial charge in [-0.3, -0.25) is 0 Å². The van der Waals surface area contributed by atoms with Crippen LogP contribution in [0.4, 0.5) is 18.9 Å². The van der Waals surface area contributed by atoms with E-state index in [0.29, 0.717) is 17.2 Å². The van der Waals surface area contributed by atoms with Gasteiger partial charge in [0.05, 0.1) is 17.3 Å². The van der Waals surface area contributed by atoms with Crippen molar-refractivity contribution in [3.05, 3.63) is 28.8 Å². The van der Waals surface area contributed by atoms with Crippen molar-refractivity contribution in [3.63, 3.8) is 0 Å². The number of aliphatic imine (C=N–C) groups is 1. The largest absolute Gasteiger partial charge is 0.416 e. The standard InChI is InChI=1S/C18H24F3N5/c1-11(2)24-26-13(4)14-10-15(18(19,20)21)12(3)9-16(14)23-17(26)25-7-5-22-6-8-25/h9-10,13,22H,5-8H2,1-4H3. The molecule has 1 saturated heterocycles. The van der Waals surface area contributed by atoms with Gasteiger partial charge in [0.1, 0.15) is 0 Å². The molecule has 5 nitrogen and oxygen atoms in total. The number of aryl methyl sites for hydroxylation is 1. The van der Waals surface area contributed by atoms with Gasteiger partial charge in [0.2, 0.25) is 5.96 Å². The van der Waals surface area contributed by atoms with E-state index in [1.165, 1.54) is 19.1 Å². The first-order chi connectivity index (χ1) is 12.2. The molecule has 2 aliphatic heterocycles. The number of guanidine groups is 1. The lowest BCUT2D eigenvalue weighted by Gasteiger charge is -2.40. The van der Waals surface area contributed by atoms with Crippen molar-refractivity contribution in [1.29, 1.82) is 0 Å². The summed E-state index contributed by atoms with van der Waals surface area (Å²) >= 11 is 0. The molecule has 0 spiro atoms. The van der Waals surface area contributed by atoms with E-state index in [4.69, 9.17) is 4.99 Å². The van der Waals surface area contributed by atoms with Gasteiger partial charge in [0.15, 0.2) is 0 Å². The normalized spacial score (nSPS) is 20.6. The highest BCUT2D eigenvalue weighted by atomic mass is 19.4. The van der Waals surface area contributed by atoms with Crippen LogP contribution in [0.25, 0.3) is 0 Å². The summed E-state index contributed by atoms with van der Waals surface area (Å²) in [6, 6.07) is 2.43. The molecule has 0 amide bonds. The molecule has 0 radical (unpaired) electrons. The molecule has 0 aromatic heterocycles. The third-order valence-electron chi connectivity index (χ3n) is 4.63. The number of hydrogen-bond acceptors (Lipinski definition) is 5. The van der Waals surface area contributed by atoms with Crippen LogP contribution in [0, 0.1) is 6.92 Å². The van der Waals surface area contributed by atoms with Gasteiger partial charge in [0, 0.05) is 37.5 Å². The molecule has 0 saturated carbocycles. The number of halogens is 3. The van der Waals surface area contributed by atoms with Crippen LogP contribution in [0.15, 0.2) is 22.2 Å². The Balaban J connectivity index is 2.12. The Morgan fingerprint density at radius 3 is 2.46 bits per heavy atom. The number of nitrogens with one attached hydrogen (secondary N) is 1. The average Bonchev–Trinajstić information content (AvgIpc) is 2.56. The van der Waals surface area contributed by atoms with Gasteiger partial charge >= 0.3 is 6.18 Å². The summed E-state index contributed by atoms with van der Waals surface area (Å²) in [4.78, 5) is 6.84. The third kappa shape index (κ3) is 3.56. The minimum Gasteiger partial charge on any atom is -0.338 e. The van der Waals surface area contributed by atoms with Crippen molar-refractivity contribution in [1.82, 2.24) is 15.2 Å². The molecule has 2 heterocycles. The number of hydrogen-bond donors (Lipinski definition) is 1. The maximum atomic E-state index is 13.3. The summed E-state index contributed by atoms with van der Waals surface area (Å²) in [5.41, 5.74) is 1.55. The summed E-state index contributed by atoms with van der Waals surface area (Å²) in [5.74, 6) is 0.701. The highest BCUT2D eigenvalue weighted by molar-refractivity contribution is 5.88. The summed E-state index contributed by atoms with van der Waals surface area (Å²) in [5, 5.41) is 9.61. The Labute approximate surface area is 151 Å². The SMILES string of the molecule is CC(C)=NN1C(N2CCNCC2)=Nc2cc(C)c(C(F)(F)F)cc2C1C. The van der Waals surface area contributed by atoms with E-state index in [1.807, 2.05) is 20.8 Å². The molecule has 26 heavy (non-hydrogen) atoms. The zero-order valence-electron chi connectivity index (χ0n) is 15.5. The molecule has 3 rings (SSSR count). The number of alkyl halides is 3. The van der Waals surface area contributed by atoms with Gasteiger partial charge in [-0.2, -0.15) is 18.3 Å². The van der Waals surface area contributed by atoms with Crippen molar-refractivity contribution >= 4 is 17.4 Å². The predicted molar refractivity (Wildman–Crippen MR) is 96.8 cm³/mol. The molecule has 1 fully saturated rings. The Bertz CT molecular complexity index is 744. The lowest BCUT2D eigenvalue weighted by Crippen LogP contribution is -2.52. The van der Waals surface area contributed by atoms with E-state index in [1.54, 1.807) is 5.01 Å². The molecule has 1 N–H and O–H groups in total.